The Bertz CT molecular complexity index is 972. The number of amides is 3. The van der Waals surface area contributed by atoms with E-state index in [4.69, 9.17) is 15.3 Å². The van der Waals surface area contributed by atoms with Crippen molar-refractivity contribution in [3.8, 4) is 0 Å². The Morgan fingerprint density at radius 1 is 1.00 bits per heavy atom. The number of nitrogens with zero attached hydrogens (tertiary/aromatic N) is 1. The Hall–Kier alpha value is -2.75. The molecule has 2 aliphatic rings. The third kappa shape index (κ3) is 11.2. The highest BCUT2D eigenvalue weighted by molar-refractivity contribution is 5.89. The molecule has 9 heteroatoms. The van der Waals surface area contributed by atoms with Gasteiger partial charge in [-0.05, 0) is 62.8 Å². The summed E-state index contributed by atoms with van der Waals surface area (Å²) in [7, 11) is 0. The number of benzene rings is 1. The van der Waals surface area contributed by atoms with Crippen LogP contribution in [0.4, 0.5) is 0 Å². The lowest BCUT2D eigenvalue weighted by atomic mass is 9.82. The van der Waals surface area contributed by atoms with Crippen molar-refractivity contribution in [3.05, 3.63) is 42.0 Å². The van der Waals surface area contributed by atoms with Crippen molar-refractivity contribution in [1.82, 2.24) is 15.9 Å². The average Bonchev–Trinajstić information content (AvgIpc) is 2.98. The zero-order valence-corrected chi connectivity index (χ0v) is 25.1. The molecular weight excluding hydrogens is 520 g/mol. The minimum absolute atomic E-state index is 0.137. The number of hydrazine groups is 1. The van der Waals surface area contributed by atoms with Gasteiger partial charge < -0.3 is 10.5 Å². The van der Waals surface area contributed by atoms with Crippen LogP contribution in [0.2, 0.25) is 0 Å². The molecule has 1 aromatic carbocycles. The molecule has 1 aliphatic carbocycles. The van der Waals surface area contributed by atoms with E-state index in [2.05, 4.69) is 10.9 Å². The monoisotopic (exact) mass is 570 g/mol. The van der Waals surface area contributed by atoms with Crippen LogP contribution in [-0.4, -0.2) is 48.2 Å². The summed E-state index contributed by atoms with van der Waals surface area (Å²) in [6.45, 7) is 6.69. The van der Waals surface area contributed by atoms with Crippen molar-refractivity contribution in [1.29, 1.82) is 0 Å². The molecule has 4 N–H and O–H groups in total. The number of hydroxylamine groups is 1. The van der Waals surface area contributed by atoms with Gasteiger partial charge in [-0.2, -0.15) is 0 Å². The highest BCUT2D eigenvalue weighted by atomic mass is 16.8. The minimum atomic E-state index is -0.751. The molecule has 1 heterocycles. The van der Waals surface area contributed by atoms with E-state index >= 15 is 0 Å². The molecule has 4 atom stereocenters. The molecule has 2 fully saturated rings. The van der Waals surface area contributed by atoms with Crippen LogP contribution in [0.15, 0.2) is 36.4 Å². The number of hydrogen-bond donors (Lipinski definition) is 3. The lowest BCUT2D eigenvalue weighted by molar-refractivity contribution is -0.203. The maximum absolute atomic E-state index is 13.9. The predicted octanol–water partition coefficient (Wildman–Crippen LogP) is 4.73. The van der Waals surface area contributed by atoms with E-state index in [0.29, 0.717) is 38.3 Å². The maximum Gasteiger partial charge on any atom is 0.257 e. The van der Waals surface area contributed by atoms with E-state index < -0.39 is 24.2 Å². The molecule has 1 unspecified atom stereocenters. The first-order valence-electron chi connectivity index (χ1n) is 15.4. The van der Waals surface area contributed by atoms with Crippen LogP contribution in [0.3, 0.4) is 0 Å². The fraction of sp³-hybridized carbons (Fsp3) is 0.656. The Morgan fingerprint density at radius 2 is 1.71 bits per heavy atom. The second-order valence-electron chi connectivity index (χ2n) is 12.0. The van der Waals surface area contributed by atoms with Crippen molar-refractivity contribution < 1.29 is 24.0 Å². The number of hydrogen-bond acceptors (Lipinski definition) is 6. The maximum atomic E-state index is 13.9. The van der Waals surface area contributed by atoms with E-state index in [1.807, 2.05) is 56.3 Å². The third-order valence-corrected chi connectivity index (χ3v) is 7.88. The normalized spacial score (nSPS) is 20.4. The van der Waals surface area contributed by atoms with E-state index in [1.165, 1.54) is 11.4 Å². The van der Waals surface area contributed by atoms with Crippen LogP contribution in [0.1, 0.15) is 90.5 Å². The third-order valence-electron chi connectivity index (χ3n) is 7.88. The van der Waals surface area contributed by atoms with Gasteiger partial charge in [-0.3, -0.25) is 24.8 Å². The summed E-state index contributed by atoms with van der Waals surface area (Å²) >= 11 is 0. The quantitative estimate of drug-likeness (QED) is 0.295. The molecular formula is C32H50N4O5. The number of nitrogens with one attached hydrogen (secondary N) is 2. The van der Waals surface area contributed by atoms with Gasteiger partial charge in [-0.25, -0.2) is 10.3 Å². The number of allylic oxidation sites excluding steroid dienone is 1. The van der Waals surface area contributed by atoms with Crippen molar-refractivity contribution in [2.45, 2.75) is 97.3 Å². The van der Waals surface area contributed by atoms with E-state index in [9.17, 15) is 14.4 Å². The van der Waals surface area contributed by atoms with Crippen LogP contribution >= 0.6 is 0 Å². The lowest BCUT2D eigenvalue weighted by Gasteiger charge is -2.33. The molecule has 228 valence electrons. The van der Waals surface area contributed by atoms with Crippen LogP contribution in [0.25, 0.3) is 6.08 Å². The minimum Gasteiger partial charge on any atom is -0.350 e. The predicted molar refractivity (Wildman–Crippen MR) is 159 cm³/mol. The van der Waals surface area contributed by atoms with Crippen LogP contribution in [-0.2, 0) is 24.0 Å². The number of nitrogens with two attached hydrogens (primary N) is 1. The SMILES string of the molecule is CC(C)C[C@@H](C(=O)NN(CC1CCCCC1)C(=O)[C@@H](C)N)[C@H](C/C=C/c1ccccc1)C(=O)NOC1CCCCO1. The van der Waals surface area contributed by atoms with E-state index in [-0.39, 0.29) is 23.6 Å². The van der Waals surface area contributed by atoms with Gasteiger partial charge in [0.1, 0.15) is 0 Å². The molecule has 0 bridgehead atoms. The summed E-state index contributed by atoms with van der Waals surface area (Å²) in [6.07, 6.45) is 12.3. The Labute approximate surface area is 245 Å². The van der Waals surface area contributed by atoms with Crippen molar-refractivity contribution in [2.75, 3.05) is 13.2 Å². The topological polar surface area (TPSA) is 123 Å². The fourth-order valence-electron chi connectivity index (χ4n) is 5.61. The first-order valence-corrected chi connectivity index (χ1v) is 15.4. The van der Waals surface area contributed by atoms with Crippen LogP contribution in [0, 0.1) is 23.7 Å². The summed E-state index contributed by atoms with van der Waals surface area (Å²) in [6, 6.07) is 9.07. The van der Waals surface area contributed by atoms with Gasteiger partial charge in [-0.1, -0.05) is 75.6 Å². The Morgan fingerprint density at radius 3 is 2.34 bits per heavy atom. The molecule has 1 aliphatic heterocycles. The summed E-state index contributed by atoms with van der Waals surface area (Å²) in [5.41, 5.74) is 12.5. The standard InChI is InChI=1S/C32H50N4O5/c1-23(2)21-28(30(37)34-36(32(39)24(3)33)22-26-15-8-5-9-16-26)27(18-12-17-25-13-6-4-7-14-25)31(38)35-41-29-19-10-11-20-40-29/h4,6-7,12-14,17,23-24,26-29H,5,8-11,15-16,18-22,33H2,1-3H3,(H,34,37)(H,35,38)/b17-12+/t24-,27+,28-,29?/m1/s1. The first kappa shape index (κ1) is 32.8. The Kier molecular flexibility index (Phi) is 13.8. The molecule has 1 saturated heterocycles. The van der Waals surface area contributed by atoms with Gasteiger partial charge in [0.15, 0.2) is 6.29 Å². The number of rotatable bonds is 13. The summed E-state index contributed by atoms with van der Waals surface area (Å²) in [5.74, 6) is -2.02. The van der Waals surface area contributed by atoms with Crippen LogP contribution in [0.5, 0.6) is 0 Å². The highest BCUT2D eigenvalue weighted by Gasteiger charge is 2.36. The van der Waals surface area contributed by atoms with Crippen LogP contribution < -0.4 is 16.6 Å². The zero-order chi connectivity index (χ0) is 29.6. The second kappa shape index (κ2) is 17.3. The van der Waals surface area contributed by atoms with Gasteiger partial charge in [-0.15, -0.1) is 0 Å². The number of carbonyl (C=O) groups is 3. The molecule has 0 aromatic heterocycles. The van der Waals surface area contributed by atoms with Gasteiger partial charge in [0, 0.05) is 19.6 Å². The van der Waals surface area contributed by atoms with Crippen molar-refractivity contribution >= 4 is 23.8 Å². The largest absolute Gasteiger partial charge is 0.350 e. The van der Waals surface area contributed by atoms with E-state index in [0.717, 1.165) is 44.1 Å². The highest BCUT2D eigenvalue weighted by Crippen LogP contribution is 2.27. The molecule has 0 spiro atoms. The summed E-state index contributed by atoms with van der Waals surface area (Å²) in [4.78, 5) is 46.2. The zero-order valence-electron chi connectivity index (χ0n) is 25.1. The van der Waals surface area contributed by atoms with Crippen molar-refractivity contribution in [3.63, 3.8) is 0 Å². The van der Waals surface area contributed by atoms with Gasteiger partial charge in [0.05, 0.1) is 17.9 Å². The summed E-state index contributed by atoms with van der Waals surface area (Å²) < 4.78 is 5.61. The molecule has 3 rings (SSSR count). The van der Waals surface area contributed by atoms with Gasteiger partial charge >= 0.3 is 0 Å². The summed E-state index contributed by atoms with van der Waals surface area (Å²) in [5, 5.41) is 1.40. The fourth-order valence-corrected chi connectivity index (χ4v) is 5.61. The molecule has 0 radical (unpaired) electrons. The number of carbonyl (C=O) groups excluding carboxylic acids is 3. The van der Waals surface area contributed by atoms with Gasteiger partial charge in [0.25, 0.3) is 5.91 Å². The lowest BCUT2D eigenvalue weighted by Crippen LogP contribution is -2.56. The van der Waals surface area contributed by atoms with Crippen molar-refractivity contribution in [2.24, 2.45) is 29.4 Å². The van der Waals surface area contributed by atoms with E-state index in [1.54, 1.807) is 6.92 Å². The smallest absolute Gasteiger partial charge is 0.257 e. The molecule has 41 heavy (non-hydrogen) atoms. The second-order valence-corrected chi connectivity index (χ2v) is 12.0. The molecule has 1 saturated carbocycles. The molecule has 3 amide bonds. The first-order chi connectivity index (χ1) is 19.7. The molecule has 1 aromatic rings. The number of ether oxygens (including phenoxy) is 1. The average molecular weight is 571 g/mol. The Balaban J connectivity index is 1.80. The molecule has 9 nitrogen and oxygen atoms in total. The van der Waals surface area contributed by atoms with Gasteiger partial charge in [0.2, 0.25) is 11.8 Å².